The van der Waals surface area contributed by atoms with Crippen LogP contribution in [0.3, 0.4) is 0 Å². The van der Waals surface area contributed by atoms with Gasteiger partial charge in [0.25, 0.3) is 5.91 Å². The smallest absolute Gasteiger partial charge is 0.254 e. The number of hydrogen-bond acceptors (Lipinski definition) is 4. The van der Waals surface area contributed by atoms with Crippen LogP contribution in [-0.2, 0) is 17.8 Å². The van der Waals surface area contributed by atoms with Crippen LogP contribution in [0.1, 0.15) is 21.7 Å². The van der Waals surface area contributed by atoms with Gasteiger partial charge in [0.2, 0.25) is 5.91 Å². The van der Waals surface area contributed by atoms with Gasteiger partial charge >= 0.3 is 0 Å². The molecule has 0 aliphatic carbocycles. The molecule has 0 spiro atoms. The van der Waals surface area contributed by atoms with Crippen LogP contribution in [0, 0.1) is 0 Å². The van der Waals surface area contributed by atoms with Crippen LogP contribution < -0.4 is 16.0 Å². The predicted molar refractivity (Wildman–Crippen MR) is 88.7 cm³/mol. The van der Waals surface area contributed by atoms with Crippen molar-refractivity contribution in [3.63, 3.8) is 0 Å². The average molecular weight is 336 g/mol. The van der Waals surface area contributed by atoms with Gasteiger partial charge in [-0.05, 0) is 17.7 Å². The molecule has 0 radical (unpaired) electrons. The molecule has 0 unspecified atom stereocenters. The highest BCUT2D eigenvalue weighted by molar-refractivity contribution is 6.01. The third-order valence-electron chi connectivity index (χ3n) is 3.66. The number of carbonyl (C=O) groups is 2. The zero-order valence-corrected chi connectivity index (χ0v) is 13.3. The van der Waals surface area contributed by atoms with Crippen molar-refractivity contribution in [2.24, 2.45) is 5.73 Å². The quantitative estimate of drug-likeness (QED) is 0.866. The first-order valence-electron chi connectivity index (χ1n) is 7.13. The Balaban J connectivity index is 0.00000192. The van der Waals surface area contributed by atoms with E-state index in [4.69, 9.17) is 10.2 Å². The molecule has 7 heteroatoms. The van der Waals surface area contributed by atoms with Crippen molar-refractivity contribution in [2.75, 3.05) is 18.0 Å². The van der Waals surface area contributed by atoms with E-state index in [1.165, 1.54) is 6.26 Å². The molecule has 3 rings (SSSR count). The van der Waals surface area contributed by atoms with Crippen molar-refractivity contribution in [2.45, 2.75) is 13.0 Å². The standard InChI is InChI=1S/C16H17N3O3.ClH/c17-9-13-7-12(10-22-13)16(21)18-5-6-19-14-4-2-1-3-11(14)8-15(19)20;/h1-4,7,10H,5-6,8-9,17H2,(H,18,21);1H. The summed E-state index contributed by atoms with van der Waals surface area (Å²) in [4.78, 5) is 25.7. The van der Waals surface area contributed by atoms with Crippen LogP contribution in [0.4, 0.5) is 5.69 Å². The predicted octanol–water partition coefficient (Wildman–Crippen LogP) is 1.48. The number of carbonyl (C=O) groups excluding carboxylic acids is 2. The van der Waals surface area contributed by atoms with Gasteiger partial charge in [0.1, 0.15) is 12.0 Å². The molecule has 0 bridgehead atoms. The Morgan fingerprint density at radius 1 is 1.35 bits per heavy atom. The van der Waals surface area contributed by atoms with Crippen molar-refractivity contribution >= 4 is 29.9 Å². The van der Waals surface area contributed by atoms with Crippen LogP contribution in [0.5, 0.6) is 0 Å². The zero-order valence-electron chi connectivity index (χ0n) is 12.5. The zero-order chi connectivity index (χ0) is 15.5. The van der Waals surface area contributed by atoms with Crippen molar-refractivity contribution in [3.05, 3.63) is 53.5 Å². The van der Waals surface area contributed by atoms with Gasteiger partial charge in [-0.25, -0.2) is 0 Å². The van der Waals surface area contributed by atoms with Gasteiger partial charge in [0.05, 0.1) is 18.5 Å². The van der Waals surface area contributed by atoms with Crippen LogP contribution in [0.25, 0.3) is 0 Å². The summed E-state index contributed by atoms with van der Waals surface area (Å²) in [7, 11) is 0. The van der Waals surface area contributed by atoms with E-state index in [9.17, 15) is 9.59 Å². The van der Waals surface area contributed by atoms with E-state index in [1.54, 1.807) is 11.0 Å². The molecule has 0 saturated heterocycles. The summed E-state index contributed by atoms with van der Waals surface area (Å²) in [6.07, 6.45) is 1.81. The molecule has 122 valence electrons. The van der Waals surface area contributed by atoms with Crippen molar-refractivity contribution in [1.29, 1.82) is 0 Å². The van der Waals surface area contributed by atoms with E-state index in [0.717, 1.165) is 11.3 Å². The highest BCUT2D eigenvalue weighted by Crippen LogP contribution is 2.27. The molecule has 1 aromatic carbocycles. The molecule has 1 aromatic heterocycles. The molecule has 6 nitrogen and oxygen atoms in total. The summed E-state index contributed by atoms with van der Waals surface area (Å²) in [5.74, 6) is 0.390. The van der Waals surface area contributed by atoms with E-state index in [-0.39, 0.29) is 30.8 Å². The Kier molecular flexibility index (Phi) is 5.41. The number of amides is 2. The second kappa shape index (κ2) is 7.30. The monoisotopic (exact) mass is 335 g/mol. The van der Waals surface area contributed by atoms with Gasteiger partial charge in [-0.2, -0.15) is 0 Å². The fourth-order valence-corrected chi connectivity index (χ4v) is 2.55. The minimum atomic E-state index is -0.233. The van der Waals surface area contributed by atoms with Gasteiger partial charge in [-0.3, -0.25) is 9.59 Å². The molecule has 23 heavy (non-hydrogen) atoms. The number of fused-ring (bicyclic) bond motifs is 1. The maximum atomic E-state index is 12.0. The van der Waals surface area contributed by atoms with Crippen molar-refractivity contribution < 1.29 is 14.0 Å². The fourth-order valence-electron chi connectivity index (χ4n) is 2.55. The maximum absolute atomic E-state index is 12.0. The SMILES string of the molecule is Cl.NCc1cc(C(=O)NCCN2C(=O)Cc3ccccc32)co1. The molecule has 2 amide bonds. The van der Waals surface area contributed by atoms with E-state index in [2.05, 4.69) is 5.32 Å². The van der Waals surface area contributed by atoms with Gasteiger partial charge in [0, 0.05) is 18.8 Å². The lowest BCUT2D eigenvalue weighted by Crippen LogP contribution is -2.36. The topological polar surface area (TPSA) is 88.6 Å². The van der Waals surface area contributed by atoms with Crippen molar-refractivity contribution in [3.8, 4) is 0 Å². The van der Waals surface area contributed by atoms with Gasteiger partial charge in [-0.15, -0.1) is 12.4 Å². The second-order valence-corrected chi connectivity index (χ2v) is 5.11. The van der Waals surface area contributed by atoms with Crippen LogP contribution >= 0.6 is 12.4 Å². The largest absolute Gasteiger partial charge is 0.467 e. The molecular formula is C16H18ClN3O3. The summed E-state index contributed by atoms with van der Waals surface area (Å²) in [6, 6.07) is 9.32. The highest BCUT2D eigenvalue weighted by atomic mass is 35.5. The molecule has 2 heterocycles. The van der Waals surface area contributed by atoms with Gasteiger partial charge in [0.15, 0.2) is 0 Å². The van der Waals surface area contributed by atoms with E-state index < -0.39 is 0 Å². The molecule has 0 fully saturated rings. The van der Waals surface area contributed by atoms with Crippen molar-refractivity contribution in [1.82, 2.24) is 5.32 Å². The number of hydrogen-bond donors (Lipinski definition) is 2. The lowest BCUT2D eigenvalue weighted by Gasteiger charge is -2.17. The summed E-state index contributed by atoms with van der Waals surface area (Å²) in [6.45, 7) is 1.08. The summed E-state index contributed by atoms with van der Waals surface area (Å²) in [5.41, 5.74) is 7.83. The minimum Gasteiger partial charge on any atom is -0.467 e. The highest BCUT2D eigenvalue weighted by Gasteiger charge is 2.26. The summed E-state index contributed by atoms with van der Waals surface area (Å²) < 4.78 is 5.13. The molecular weight excluding hydrogens is 318 g/mol. The number of nitrogens with two attached hydrogens (primary N) is 1. The first-order valence-corrected chi connectivity index (χ1v) is 7.13. The summed E-state index contributed by atoms with van der Waals surface area (Å²) in [5, 5.41) is 2.78. The second-order valence-electron chi connectivity index (χ2n) is 5.11. The van der Waals surface area contributed by atoms with Gasteiger partial charge in [-0.1, -0.05) is 18.2 Å². The molecule has 1 aliphatic rings. The number of nitrogens with one attached hydrogen (secondary N) is 1. The lowest BCUT2D eigenvalue weighted by atomic mass is 10.2. The average Bonchev–Trinajstić information content (AvgIpc) is 3.12. The first-order chi connectivity index (χ1) is 10.7. The van der Waals surface area contributed by atoms with Crippen LogP contribution in [0.15, 0.2) is 41.0 Å². The summed E-state index contributed by atoms with van der Waals surface area (Å²) >= 11 is 0. The lowest BCUT2D eigenvalue weighted by molar-refractivity contribution is -0.117. The van der Waals surface area contributed by atoms with E-state index >= 15 is 0 Å². The third kappa shape index (κ3) is 3.55. The molecule has 0 saturated carbocycles. The Morgan fingerprint density at radius 2 is 2.13 bits per heavy atom. The third-order valence-corrected chi connectivity index (χ3v) is 3.66. The van der Waals surface area contributed by atoms with Crippen LogP contribution in [-0.4, -0.2) is 24.9 Å². The Labute approximate surface area is 140 Å². The number of para-hydroxylation sites is 1. The Morgan fingerprint density at radius 3 is 2.87 bits per heavy atom. The molecule has 3 N–H and O–H groups in total. The Bertz CT molecular complexity index is 714. The normalized spacial score (nSPS) is 12.7. The molecule has 2 aromatic rings. The van der Waals surface area contributed by atoms with Crippen LogP contribution in [0.2, 0.25) is 0 Å². The van der Waals surface area contributed by atoms with E-state index in [1.807, 2.05) is 24.3 Å². The molecule has 0 atom stereocenters. The molecule has 1 aliphatic heterocycles. The van der Waals surface area contributed by atoms with E-state index in [0.29, 0.717) is 30.8 Å². The minimum absolute atomic E-state index is 0. The number of benzene rings is 1. The number of anilines is 1. The Hall–Kier alpha value is -2.31. The number of nitrogens with zero attached hydrogens (tertiary/aromatic N) is 1. The number of rotatable bonds is 5. The number of furan rings is 1. The number of halogens is 1. The maximum Gasteiger partial charge on any atom is 0.254 e. The fraction of sp³-hybridized carbons (Fsp3) is 0.250. The van der Waals surface area contributed by atoms with Gasteiger partial charge < -0.3 is 20.4 Å². The first kappa shape index (κ1) is 17.1.